The van der Waals surface area contributed by atoms with E-state index in [1.807, 2.05) is 0 Å². The number of thioether (sulfide) groups is 1. The third-order valence-electron chi connectivity index (χ3n) is 1.62. The van der Waals surface area contributed by atoms with Gasteiger partial charge in [-0.25, -0.2) is 9.78 Å². The molecule has 8 heteroatoms. The monoisotopic (exact) mass is 277 g/mol. The van der Waals surface area contributed by atoms with Crippen LogP contribution >= 0.6 is 23.1 Å². The first-order chi connectivity index (χ1) is 8.17. The number of hydrogen-bond acceptors (Lipinski definition) is 8. The Morgan fingerprint density at radius 3 is 2.82 bits per heavy atom. The fraction of sp³-hybridized carbons (Fsp3) is 0.444. The minimum atomic E-state index is -0.814. The van der Waals surface area contributed by atoms with Crippen LogP contribution in [0.2, 0.25) is 0 Å². The first-order valence-electron chi connectivity index (χ1n) is 4.56. The van der Waals surface area contributed by atoms with Crippen LogP contribution in [0.5, 0.6) is 5.88 Å². The molecular formula is C9H11NO5S2. The van der Waals surface area contributed by atoms with Crippen LogP contribution in [0.3, 0.4) is 0 Å². The van der Waals surface area contributed by atoms with Crippen molar-refractivity contribution >= 4 is 35.2 Å². The van der Waals surface area contributed by atoms with Gasteiger partial charge < -0.3 is 14.2 Å². The van der Waals surface area contributed by atoms with Crippen LogP contribution in [0.25, 0.3) is 0 Å². The molecule has 0 aliphatic heterocycles. The molecule has 0 aliphatic rings. The Hall–Kier alpha value is -1.28. The smallest absolute Gasteiger partial charge is 0.469 e. The number of ether oxygens (including phenoxy) is 3. The number of thiazole rings is 1. The molecule has 6 nitrogen and oxygen atoms in total. The van der Waals surface area contributed by atoms with Gasteiger partial charge in [-0.05, 0) is 0 Å². The molecule has 0 spiro atoms. The minimum Gasteiger partial charge on any atom is -0.469 e. The van der Waals surface area contributed by atoms with Crippen molar-refractivity contribution in [1.29, 1.82) is 0 Å². The summed E-state index contributed by atoms with van der Waals surface area (Å²) in [5.41, 5.74) is 1.55. The third kappa shape index (κ3) is 4.61. The van der Waals surface area contributed by atoms with Crippen molar-refractivity contribution < 1.29 is 23.8 Å². The first-order valence-corrected chi connectivity index (χ1v) is 6.42. The van der Waals surface area contributed by atoms with E-state index >= 15 is 0 Å². The molecular weight excluding hydrogens is 266 g/mol. The summed E-state index contributed by atoms with van der Waals surface area (Å²) < 4.78 is 14.4. The summed E-state index contributed by atoms with van der Waals surface area (Å²) in [7, 11) is 2.56. The van der Waals surface area contributed by atoms with Crippen molar-refractivity contribution in [2.45, 2.75) is 10.6 Å². The Kier molecular flexibility index (Phi) is 5.78. The van der Waals surface area contributed by atoms with E-state index in [1.165, 1.54) is 37.3 Å². The third-order valence-corrected chi connectivity index (χ3v) is 3.70. The largest absolute Gasteiger partial charge is 0.514 e. The molecule has 0 saturated carbocycles. The van der Waals surface area contributed by atoms with Gasteiger partial charge in [-0.15, -0.1) is 23.1 Å². The molecule has 0 fully saturated rings. The molecule has 0 N–H and O–H groups in total. The lowest BCUT2D eigenvalue weighted by Gasteiger charge is -2.02. The number of aromatic nitrogens is 1. The van der Waals surface area contributed by atoms with Gasteiger partial charge in [0.15, 0.2) is 0 Å². The van der Waals surface area contributed by atoms with Gasteiger partial charge in [-0.1, -0.05) is 0 Å². The van der Waals surface area contributed by atoms with E-state index in [4.69, 9.17) is 4.74 Å². The number of carbonyl (C=O) groups excluding carboxylic acids is 2. The maximum atomic E-state index is 10.9. The van der Waals surface area contributed by atoms with Gasteiger partial charge in [0.05, 0.1) is 26.2 Å². The summed E-state index contributed by atoms with van der Waals surface area (Å²) in [6.07, 6.45) is -0.526. The van der Waals surface area contributed by atoms with Crippen LogP contribution in [-0.2, 0) is 14.3 Å². The average Bonchev–Trinajstić information content (AvgIpc) is 2.76. The molecule has 0 bridgehead atoms. The van der Waals surface area contributed by atoms with Crippen LogP contribution in [0.15, 0.2) is 9.72 Å². The summed E-state index contributed by atoms with van der Waals surface area (Å²) in [5, 5.41) is 0. The van der Waals surface area contributed by atoms with Crippen molar-refractivity contribution in [2.24, 2.45) is 0 Å². The van der Waals surface area contributed by atoms with Gasteiger partial charge in [0.2, 0.25) is 0 Å². The van der Waals surface area contributed by atoms with Crippen LogP contribution in [0, 0.1) is 0 Å². The minimum absolute atomic E-state index is 0.205. The predicted octanol–water partition coefficient (Wildman–Crippen LogP) is 1.94. The Morgan fingerprint density at radius 2 is 2.18 bits per heavy atom. The summed E-state index contributed by atoms with van der Waals surface area (Å²) in [5.74, 6) is 0.459. The van der Waals surface area contributed by atoms with E-state index in [0.29, 0.717) is 5.75 Å². The lowest BCUT2D eigenvalue weighted by Crippen LogP contribution is -2.08. The highest BCUT2D eigenvalue weighted by Gasteiger charge is 2.13. The molecule has 0 saturated heterocycles. The van der Waals surface area contributed by atoms with Crippen LogP contribution < -0.4 is 4.74 Å². The molecule has 0 aromatic carbocycles. The van der Waals surface area contributed by atoms with Crippen LogP contribution in [-0.4, -0.2) is 37.1 Å². The summed E-state index contributed by atoms with van der Waals surface area (Å²) in [6.45, 7) is 0. The highest BCUT2D eigenvalue weighted by molar-refractivity contribution is 8.01. The molecule has 1 aromatic rings. The van der Waals surface area contributed by atoms with E-state index in [9.17, 15) is 9.59 Å². The number of esters is 1. The predicted molar refractivity (Wildman–Crippen MR) is 62.5 cm³/mol. The van der Waals surface area contributed by atoms with E-state index in [0.717, 1.165) is 4.21 Å². The number of methoxy groups -OCH3 is 2. The van der Waals surface area contributed by atoms with E-state index in [-0.39, 0.29) is 18.3 Å². The Labute approximate surface area is 106 Å². The van der Waals surface area contributed by atoms with Gasteiger partial charge in [0, 0.05) is 5.75 Å². The van der Waals surface area contributed by atoms with E-state index < -0.39 is 6.16 Å². The second kappa shape index (κ2) is 7.13. The first kappa shape index (κ1) is 13.8. The summed E-state index contributed by atoms with van der Waals surface area (Å²) in [4.78, 5) is 25.7. The molecule has 94 valence electrons. The van der Waals surface area contributed by atoms with Crippen LogP contribution in [0.4, 0.5) is 4.79 Å². The standard InChI is InChI=1S/C9H11NO5S2/c1-13-6(11)3-4-16-8-7(10-5-17-8)15-9(12)14-2/h5H,3-4H2,1-2H3. The maximum Gasteiger partial charge on any atom is 0.514 e. The average molecular weight is 277 g/mol. The second-order valence-electron chi connectivity index (χ2n) is 2.68. The Balaban J connectivity index is 2.45. The topological polar surface area (TPSA) is 74.7 Å². The molecule has 0 aliphatic carbocycles. The van der Waals surface area contributed by atoms with Crippen LogP contribution in [0.1, 0.15) is 6.42 Å². The normalized spacial score (nSPS) is 9.76. The second-order valence-corrected chi connectivity index (χ2v) is 4.89. The number of carbonyl (C=O) groups is 2. The van der Waals surface area contributed by atoms with Gasteiger partial charge >= 0.3 is 12.1 Å². The summed E-state index contributed by atoms with van der Waals surface area (Å²) >= 11 is 2.70. The van der Waals surface area contributed by atoms with Crippen molar-refractivity contribution in [3.63, 3.8) is 0 Å². The molecule has 0 atom stereocenters. The maximum absolute atomic E-state index is 10.9. The molecule has 0 radical (unpaired) electrons. The number of hydrogen-bond donors (Lipinski definition) is 0. The molecule has 1 aromatic heterocycles. The highest BCUT2D eigenvalue weighted by atomic mass is 32.2. The fourth-order valence-electron chi connectivity index (χ4n) is 0.839. The van der Waals surface area contributed by atoms with Gasteiger partial charge in [-0.2, -0.15) is 0 Å². The molecule has 17 heavy (non-hydrogen) atoms. The zero-order valence-electron chi connectivity index (χ0n) is 9.30. The molecule has 1 heterocycles. The Morgan fingerprint density at radius 1 is 1.41 bits per heavy atom. The zero-order chi connectivity index (χ0) is 12.7. The van der Waals surface area contributed by atoms with Crippen molar-refractivity contribution in [1.82, 2.24) is 4.98 Å². The molecule has 0 unspecified atom stereocenters. The number of nitrogens with zero attached hydrogens (tertiary/aromatic N) is 1. The summed E-state index contributed by atoms with van der Waals surface area (Å²) in [6, 6.07) is 0. The lowest BCUT2D eigenvalue weighted by molar-refractivity contribution is -0.140. The van der Waals surface area contributed by atoms with E-state index in [2.05, 4.69) is 14.5 Å². The molecule has 1 rings (SSSR count). The lowest BCUT2D eigenvalue weighted by atomic mass is 10.5. The fourth-order valence-corrected chi connectivity index (χ4v) is 2.60. The Bertz CT molecular complexity index is 392. The molecule has 0 amide bonds. The van der Waals surface area contributed by atoms with Crippen molar-refractivity contribution in [3.05, 3.63) is 5.51 Å². The van der Waals surface area contributed by atoms with Crippen molar-refractivity contribution in [3.8, 4) is 5.88 Å². The SMILES string of the molecule is COC(=O)CCSc1scnc1OC(=O)OC. The quantitative estimate of drug-likeness (QED) is 0.601. The van der Waals surface area contributed by atoms with Gasteiger partial charge in [0.1, 0.15) is 4.21 Å². The number of rotatable bonds is 5. The van der Waals surface area contributed by atoms with E-state index in [1.54, 1.807) is 5.51 Å². The van der Waals surface area contributed by atoms with Crippen molar-refractivity contribution in [2.75, 3.05) is 20.0 Å². The zero-order valence-corrected chi connectivity index (χ0v) is 10.9. The van der Waals surface area contributed by atoms with Gasteiger partial charge in [0.25, 0.3) is 5.88 Å². The highest BCUT2D eigenvalue weighted by Crippen LogP contribution is 2.32. The van der Waals surface area contributed by atoms with Gasteiger partial charge in [-0.3, -0.25) is 4.79 Å².